The van der Waals surface area contributed by atoms with Gasteiger partial charge in [0.2, 0.25) is 15.9 Å². The normalized spacial score (nSPS) is 11.9. The first-order valence-corrected chi connectivity index (χ1v) is 14.7. The molecule has 6 nitrogen and oxygen atoms in total. The molecule has 1 aromatic heterocycles. The summed E-state index contributed by atoms with van der Waals surface area (Å²) >= 11 is 9.37. The van der Waals surface area contributed by atoms with Crippen LogP contribution in [0.15, 0.2) is 100 Å². The van der Waals surface area contributed by atoms with Crippen molar-refractivity contribution >= 4 is 71.0 Å². The standard InChI is InChI=1S/C29H25BrClN3O3S/c1-2-34-27-6-4-3-5-25(27)26-17-23(13-16-28(26)34)32-29(35)19-33(18-20-7-9-21(30)10-8-20)38(36,37)24-14-11-22(31)12-15-24/h3-17H,2,18-19H2,1H3,(H,32,35). The molecule has 0 aliphatic heterocycles. The fourth-order valence-electron chi connectivity index (χ4n) is 4.61. The fourth-order valence-corrected chi connectivity index (χ4v) is 6.38. The third-order valence-electron chi connectivity index (χ3n) is 6.42. The number of aromatic nitrogens is 1. The zero-order valence-corrected chi connectivity index (χ0v) is 23.7. The monoisotopic (exact) mass is 609 g/mol. The summed E-state index contributed by atoms with van der Waals surface area (Å²) in [5.74, 6) is -0.432. The first-order chi connectivity index (χ1) is 18.3. The van der Waals surface area contributed by atoms with Gasteiger partial charge in [-0.05, 0) is 73.2 Å². The average molecular weight is 611 g/mol. The molecule has 0 bridgehead atoms. The van der Waals surface area contributed by atoms with Gasteiger partial charge in [-0.25, -0.2) is 8.42 Å². The average Bonchev–Trinajstić information content (AvgIpc) is 3.22. The first-order valence-electron chi connectivity index (χ1n) is 12.1. The lowest BCUT2D eigenvalue weighted by Gasteiger charge is -2.22. The predicted octanol–water partition coefficient (Wildman–Crippen LogP) is 7.06. The Morgan fingerprint density at radius 1 is 0.921 bits per heavy atom. The number of hydrogen-bond donors (Lipinski definition) is 1. The SMILES string of the molecule is CCn1c2ccccc2c2cc(NC(=O)CN(Cc3ccc(Br)cc3)S(=O)(=O)c3ccc(Cl)cc3)ccc21. The summed E-state index contributed by atoms with van der Waals surface area (Å²) in [5, 5.41) is 5.46. The summed E-state index contributed by atoms with van der Waals surface area (Å²) < 4.78 is 31.4. The molecular formula is C29H25BrClN3O3S. The second kappa shape index (κ2) is 10.9. The van der Waals surface area contributed by atoms with Crippen molar-refractivity contribution in [3.8, 4) is 0 Å². The molecule has 0 radical (unpaired) electrons. The zero-order valence-electron chi connectivity index (χ0n) is 20.6. The maximum atomic E-state index is 13.6. The van der Waals surface area contributed by atoms with E-state index in [1.54, 1.807) is 0 Å². The van der Waals surface area contributed by atoms with Gasteiger partial charge in [-0.3, -0.25) is 4.79 Å². The molecule has 194 valence electrons. The highest BCUT2D eigenvalue weighted by atomic mass is 79.9. The number of halogens is 2. The van der Waals surface area contributed by atoms with E-state index in [4.69, 9.17) is 11.6 Å². The highest BCUT2D eigenvalue weighted by Crippen LogP contribution is 2.31. The minimum atomic E-state index is -3.98. The van der Waals surface area contributed by atoms with Crippen LogP contribution < -0.4 is 5.32 Å². The Hall–Kier alpha value is -3.17. The van der Waals surface area contributed by atoms with Crippen LogP contribution in [0.2, 0.25) is 5.02 Å². The maximum absolute atomic E-state index is 13.6. The van der Waals surface area contributed by atoms with E-state index in [1.165, 1.54) is 28.6 Å². The molecule has 1 amide bonds. The number of rotatable bonds is 8. The molecule has 5 aromatic rings. The molecule has 0 spiro atoms. The molecule has 0 aliphatic carbocycles. The van der Waals surface area contributed by atoms with Gasteiger partial charge < -0.3 is 9.88 Å². The molecule has 1 heterocycles. The molecule has 0 fully saturated rings. The van der Waals surface area contributed by atoms with Crippen LogP contribution >= 0.6 is 27.5 Å². The second-order valence-corrected chi connectivity index (χ2v) is 12.2. The number of nitrogens with zero attached hydrogens (tertiary/aromatic N) is 2. The van der Waals surface area contributed by atoms with Crippen molar-refractivity contribution in [2.75, 3.05) is 11.9 Å². The molecule has 9 heteroatoms. The largest absolute Gasteiger partial charge is 0.341 e. The van der Waals surface area contributed by atoms with Crippen molar-refractivity contribution in [2.24, 2.45) is 0 Å². The van der Waals surface area contributed by atoms with E-state index in [9.17, 15) is 13.2 Å². The number of hydrogen-bond acceptors (Lipinski definition) is 3. The van der Waals surface area contributed by atoms with E-state index in [2.05, 4.69) is 44.9 Å². The zero-order chi connectivity index (χ0) is 26.9. The van der Waals surface area contributed by atoms with Crippen molar-refractivity contribution in [1.29, 1.82) is 0 Å². The van der Waals surface area contributed by atoms with Crippen LogP contribution in [-0.4, -0.2) is 29.7 Å². The molecule has 5 rings (SSSR count). The van der Waals surface area contributed by atoms with Crippen LogP contribution in [0, 0.1) is 0 Å². The molecule has 0 aliphatic rings. The Balaban J connectivity index is 1.44. The van der Waals surface area contributed by atoms with E-state index in [-0.39, 0.29) is 18.0 Å². The van der Waals surface area contributed by atoms with Crippen LogP contribution in [0.25, 0.3) is 21.8 Å². The molecule has 38 heavy (non-hydrogen) atoms. The van der Waals surface area contributed by atoms with Crippen LogP contribution in [-0.2, 0) is 27.9 Å². The Bertz CT molecular complexity index is 1730. The lowest BCUT2D eigenvalue weighted by Crippen LogP contribution is -2.37. The Labute approximate surface area is 235 Å². The molecule has 1 N–H and O–H groups in total. The van der Waals surface area contributed by atoms with Gasteiger partial charge in [0.25, 0.3) is 0 Å². The van der Waals surface area contributed by atoms with Gasteiger partial charge in [-0.1, -0.05) is 57.9 Å². The van der Waals surface area contributed by atoms with Gasteiger partial charge in [0.15, 0.2) is 0 Å². The van der Waals surface area contributed by atoms with E-state index in [1.807, 2.05) is 54.6 Å². The lowest BCUT2D eigenvalue weighted by molar-refractivity contribution is -0.116. The highest BCUT2D eigenvalue weighted by molar-refractivity contribution is 9.10. The quantitative estimate of drug-likeness (QED) is 0.204. The number of nitrogens with one attached hydrogen (secondary N) is 1. The highest BCUT2D eigenvalue weighted by Gasteiger charge is 2.27. The van der Waals surface area contributed by atoms with Gasteiger partial charge in [0, 0.05) is 50.1 Å². The summed E-state index contributed by atoms with van der Waals surface area (Å²) in [6.07, 6.45) is 0. The van der Waals surface area contributed by atoms with E-state index >= 15 is 0 Å². The summed E-state index contributed by atoms with van der Waals surface area (Å²) in [7, 11) is -3.98. The van der Waals surface area contributed by atoms with Crippen molar-refractivity contribution in [1.82, 2.24) is 8.87 Å². The summed E-state index contributed by atoms with van der Waals surface area (Å²) in [6, 6.07) is 27.2. The number of aryl methyl sites for hydroxylation is 1. The van der Waals surface area contributed by atoms with Gasteiger partial charge in [0.1, 0.15) is 0 Å². The molecule has 0 atom stereocenters. The maximum Gasteiger partial charge on any atom is 0.243 e. The summed E-state index contributed by atoms with van der Waals surface area (Å²) in [5.41, 5.74) is 3.57. The minimum absolute atomic E-state index is 0.0364. The van der Waals surface area contributed by atoms with Crippen LogP contribution in [0.1, 0.15) is 12.5 Å². The fraction of sp³-hybridized carbons (Fsp3) is 0.138. The summed E-state index contributed by atoms with van der Waals surface area (Å²) in [6.45, 7) is 2.61. The molecule has 0 saturated heterocycles. The molecule has 0 saturated carbocycles. The number of benzene rings is 4. The van der Waals surface area contributed by atoms with Crippen LogP contribution in [0.4, 0.5) is 5.69 Å². The molecular weight excluding hydrogens is 586 g/mol. The van der Waals surface area contributed by atoms with E-state index < -0.39 is 15.9 Å². The van der Waals surface area contributed by atoms with Crippen LogP contribution in [0.3, 0.4) is 0 Å². The van der Waals surface area contributed by atoms with Gasteiger partial charge >= 0.3 is 0 Å². The van der Waals surface area contributed by atoms with Crippen molar-refractivity contribution in [2.45, 2.75) is 24.9 Å². The van der Waals surface area contributed by atoms with E-state index in [0.717, 1.165) is 38.4 Å². The van der Waals surface area contributed by atoms with Gasteiger partial charge in [-0.15, -0.1) is 0 Å². The Morgan fingerprint density at radius 3 is 2.32 bits per heavy atom. The van der Waals surface area contributed by atoms with Crippen molar-refractivity contribution < 1.29 is 13.2 Å². The molecule has 0 unspecified atom stereocenters. The molecule has 4 aromatic carbocycles. The first kappa shape index (κ1) is 26.4. The van der Waals surface area contributed by atoms with Gasteiger partial charge in [-0.2, -0.15) is 4.31 Å². The number of para-hydroxylation sites is 1. The lowest BCUT2D eigenvalue weighted by atomic mass is 10.1. The van der Waals surface area contributed by atoms with Gasteiger partial charge in [0.05, 0.1) is 11.4 Å². The number of carbonyl (C=O) groups excluding carboxylic acids is 1. The third-order valence-corrected chi connectivity index (χ3v) is 9.00. The van der Waals surface area contributed by atoms with Crippen LogP contribution in [0.5, 0.6) is 0 Å². The minimum Gasteiger partial charge on any atom is -0.341 e. The number of sulfonamides is 1. The summed E-state index contributed by atoms with van der Waals surface area (Å²) in [4.78, 5) is 13.3. The predicted molar refractivity (Wildman–Crippen MR) is 157 cm³/mol. The second-order valence-electron chi connectivity index (χ2n) is 8.89. The third kappa shape index (κ3) is 5.35. The number of fused-ring (bicyclic) bond motifs is 3. The van der Waals surface area contributed by atoms with Crippen molar-refractivity contribution in [3.05, 3.63) is 106 Å². The van der Waals surface area contributed by atoms with Crippen molar-refractivity contribution in [3.63, 3.8) is 0 Å². The smallest absolute Gasteiger partial charge is 0.243 e. The number of anilines is 1. The van der Waals surface area contributed by atoms with E-state index in [0.29, 0.717) is 10.7 Å². The Kier molecular flexibility index (Phi) is 7.59. The number of amides is 1. The number of carbonyl (C=O) groups is 1. The topological polar surface area (TPSA) is 71.4 Å². The Morgan fingerprint density at radius 2 is 1.61 bits per heavy atom.